The number of nitrogens with zero attached hydrogens (tertiary/aromatic N) is 2. The van der Waals surface area contributed by atoms with Crippen LogP contribution in [0, 0.1) is 5.92 Å². The zero-order valence-corrected chi connectivity index (χ0v) is 16.7. The van der Waals surface area contributed by atoms with Gasteiger partial charge in [0.05, 0.1) is 28.0 Å². The van der Waals surface area contributed by atoms with E-state index in [0.717, 1.165) is 53.3 Å². The highest BCUT2D eigenvalue weighted by Crippen LogP contribution is 2.43. The van der Waals surface area contributed by atoms with E-state index in [2.05, 4.69) is 0 Å². The van der Waals surface area contributed by atoms with Crippen LogP contribution in [0.15, 0.2) is 36.1 Å². The number of thiazole rings is 1. The lowest BCUT2D eigenvalue weighted by Crippen LogP contribution is -2.33. The van der Waals surface area contributed by atoms with Crippen molar-refractivity contribution in [2.75, 3.05) is 18.6 Å². The Morgan fingerprint density at radius 3 is 2.66 bits per heavy atom. The topological polar surface area (TPSA) is 42.4 Å². The van der Waals surface area contributed by atoms with Gasteiger partial charge in [-0.25, -0.2) is 4.98 Å². The Kier molecular flexibility index (Phi) is 5.38. The maximum absolute atomic E-state index is 13.5. The third-order valence-electron chi connectivity index (χ3n) is 5.57. The Bertz CT molecular complexity index is 972. The molecule has 154 valence electrons. The molecule has 2 aromatic rings. The largest absolute Gasteiger partial charge is 0.494 e. The van der Waals surface area contributed by atoms with Crippen LogP contribution in [-0.4, -0.2) is 31.1 Å². The van der Waals surface area contributed by atoms with Gasteiger partial charge in [0.1, 0.15) is 17.7 Å². The van der Waals surface area contributed by atoms with Crippen molar-refractivity contribution in [1.82, 2.24) is 4.98 Å². The fourth-order valence-electron chi connectivity index (χ4n) is 4.00. The molecule has 1 aliphatic heterocycles. The number of anilines is 1. The number of hydrogen-bond acceptors (Lipinski definition) is 5. The van der Waals surface area contributed by atoms with Gasteiger partial charge in [0.2, 0.25) is 0 Å². The number of carbonyl (C=O) groups excluding carboxylic acids is 1. The summed E-state index contributed by atoms with van der Waals surface area (Å²) in [5.74, 6) is 0.790. The number of alkyl halides is 3. The fourth-order valence-corrected chi connectivity index (χ4v) is 5.15. The van der Waals surface area contributed by atoms with Crippen LogP contribution in [0.4, 0.5) is 18.9 Å². The van der Waals surface area contributed by atoms with E-state index in [9.17, 15) is 18.0 Å². The number of allylic oxidation sites excluding steroid dienone is 3. The van der Waals surface area contributed by atoms with Crippen molar-refractivity contribution in [3.63, 3.8) is 0 Å². The molecule has 2 aliphatic rings. The van der Waals surface area contributed by atoms with Gasteiger partial charge < -0.3 is 14.4 Å². The molecule has 1 aliphatic carbocycles. The van der Waals surface area contributed by atoms with Crippen molar-refractivity contribution in [2.45, 2.75) is 37.8 Å². The van der Waals surface area contributed by atoms with E-state index in [-0.39, 0.29) is 12.5 Å². The Morgan fingerprint density at radius 1 is 1.24 bits per heavy atom. The van der Waals surface area contributed by atoms with Crippen molar-refractivity contribution >= 4 is 33.5 Å². The zero-order valence-electron chi connectivity index (χ0n) is 15.9. The van der Waals surface area contributed by atoms with Crippen LogP contribution in [0.5, 0.6) is 5.75 Å². The van der Waals surface area contributed by atoms with Crippen LogP contribution < -0.4 is 9.64 Å². The Balaban J connectivity index is 1.70. The average Bonchev–Trinajstić information content (AvgIpc) is 3.15. The van der Waals surface area contributed by atoms with Gasteiger partial charge in [0.15, 0.2) is 0 Å². The standard InChI is InChI=1S/C21H21F3N2O2S/c1-28-17-10-15-18(29-20(25-15)14-7-5-13(12-27)6-8-14)11-16(17)26-9-3-2-4-19(26)21(22,23)24/h2-4,10-14H,5-9H2,1H3. The number of carbonyl (C=O) groups is 1. The molecular formula is C21H21F3N2O2S. The smallest absolute Gasteiger partial charge is 0.431 e. The third kappa shape index (κ3) is 3.90. The number of ether oxygens (including phenoxy) is 1. The molecule has 4 nitrogen and oxygen atoms in total. The highest BCUT2D eigenvalue weighted by molar-refractivity contribution is 7.18. The van der Waals surface area contributed by atoms with Crippen molar-refractivity contribution < 1.29 is 22.7 Å². The van der Waals surface area contributed by atoms with Crippen molar-refractivity contribution in [3.8, 4) is 5.75 Å². The summed E-state index contributed by atoms with van der Waals surface area (Å²) in [6, 6.07) is 3.46. The highest BCUT2D eigenvalue weighted by Gasteiger charge is 2.39. The zero-order chi connectivity index (χ0) is 20.6. The Morgan fingerprint density at radius 2 is 2.00 bits per heavy atom. The molecule has 1 aromatic heterocycles. The lowest BCUT2D eigenvalue weighted by Gasteiger charge is -2.30. The summed E-state index contributed by atoms with van der Waals surface area (Å²) < 4.78 is 46.8. The first-order valence-corrected chi connectivity index (χ1v) is 10.4. The molecule has 29 heavy (non-hydrogen) atoms. The van der Waals surface area contributed by atoms with Crippen LogP contribution in [0.25, 0.3) is 10.2 Å². The number of rotatable bonds is 4. The van der Waals surface area contributed by atoms with E-state index >= 15 is 0 Å². The number of benzene rings is 1. The second-order valence-electron chi connectivity index (χ2n) is 7.38. The predicted molar refractivity (Wildman–Crippen MR) is 108 cm³/mol. The summed E-state index contributed by atoms with van der Waals surface area (Å²) in [5, 5.41) is 0.980. The van der Waals surface area contributed by atoms with Gasteiger partial charge >= 0.3 is 6.18 Å². The van der Waals surface area contributed by atoms with Crippen LogP contribution in [0.2, 0.25) is 0 Å². The molecule has 0 N–H and O–H groups in total. The van der Waals surface area contributed by atoms with Crippen LogP contribution in [0.1, 0.15) is 36.6 Å². The lowest BCUT2D eigenvalue weighted by molar-refractivity contribution is -0.112. The SMILES string of the molecule is COc1cc2nc(C3CCC(C=O)CC3)sc2cc1N1CC=CC=C1C(F)(F)F. The summed E-state index contributed by atoms with van der Waals surface area (Å²) in [7, 11) is 1.45. The van der Waals surface area contributed by atoms with Gasteiger partial charge in [-0.3, -0.25) is 0 Å². The third-order valence-corrected chi connectivity index (χ3v) is 6.75. The number of aromatic nitrogens is 1. The lowest BCUT2D eigenvalue weighted by atomic mass is 9.83. The minimum Gasteiger partial charge on any atom is -0.494 e. The van der Waals surface area contributed by atoms with E-state index in [1.165, 1.54) is 29.4 Å². The van der Waals surface area contributed by atoms with Gasteiger partial charge in [0, 0.05) is 24.4 Å². The summed E-state index contributed by atoms with van der Waals surface area (Å²) in [5.41, 5.74) is 0.399. The molecule has 0 bridgehead atoms. The summed E-state index contributed by atoms with van der Waals surface area (Å²) >= 11 is 1.52. The number of halogens is 3. The number of methoxy groups -OCH3 is 1. The molecular weight excluding hydrogens is 401 g/mol. The van der Waals surface area contributed by atoms with Gasteiger partial charge in [0.25, 0.3) is 0 Å². The number of aldehydes is 1. The fraction of sp³-hybridized carbons (Fsp3) is 0.429. The van der Waals surface area contributed by atoms with Gasteiger partial charge in [-0.1, -0.05) is 12.2 Å². The molecule has 8 heteroatoms. The molecule has 2 heterocycles. The molecule has 1 saturated carbocycles. The molecule has 0 spiro atoms. The average molecular weight is 422 g/mol. The van der Waals surface area contributed by atoms with Gasteiger partial charge in [-0.15, -0.1) is 11.3 Å². The molecule has 0 radical (unpaired) electrons. The number of fused-ring (bicyclic) bond motifs is 1. The van der Waals surface area contributed by atoms with E-state index in [4.69, 9.17) is 9.72 Å². The van der Waals surface area contributed by atoms with E-state index in [1.54, 1.807) is 18.2 Å². The van der Waals surface area contributed by atoms with E-state index < -0.39 is 11.9 Å². The normalized spacial score (nSPS) is 22.6. The number of hydrogen-bond donors (Lipinski definition) is 0. The molecule has 1 aromatic carbocycles. The molecule has 4 rings (SSSR count). The van der Waals surface area contributed by atoms with Gasteiger partial charge in [-0.2, -0.15) is 13.2 Å². The quantitative estimate of drug-likeness (QED) is 0.602. The summed E-state index contributed by atoms with van der Waals surface area (Å²) in [4.78, 5) is 16.9. The maximum atomic E-state index is 13.5. The first kappa shape index (κ1) is 19.9. The van der Waals surface area contributed by atoms with E-state index in [0.29, 0.717) is 17.4 Å². The second kappa shape index (κ2) is 7.82. The molecule has 1 fully saturated rings. The first-order chi connectivity index (χ1) is 13.9. The van der Waals surface area contributed by atoms with Gasteiger partial charge in [-0.05, 0) is 37.8 Å². The minimum atomic E-state index is -4.46. The van der Waals surface area contributed by atoms with Crippen LogP contribution in [0.3, 0.4) is 0 Å². The van der Waals surface area contributed by atoms with Crippen LogP contribution >= 0.6 is 11.3 Å². The minimum absolute atomic E-state index is 0.120. The van der Waals surface area contributed by atoms with E-state index in [1.807, 2.05) is 0 Å². The molecule has 0 amide bonds. The second-order valence-corrected chi connectivity index (χ2v) is 8.44. The molecule has 0 unspecified atom stereocenters. The molecule has 0 saturated heterocycles. The monoisotopic (exact) mass is 422 g/mol. The summed E-state index contributed by atoms with van der Waals surface area (Å²) in [6.07, 6.45) is 4.29. The van der Waals surface area contributed by atoms with Crippen molar-refractivity contribution in [1.29, 1.82) is 0 Å². The first-order valence-electron chi connectivity index (χ1n) is 9.56. The van der Waals surface area contributed by atoms with Crippen molar-refractivity contribution in [3.05, 3.63) is 41.1 Å². The Labute approximate surface area is 170 Å². The maximum Gasteiger partial charge on any atom is 0.431 e. The predicted octanol–water partition coefficient (Wildman–Crippen LogP) is 5.60. The van der Waals surface area contributed by atoms with Crippen molar-refractivity contribution in [2.24, 2.45) is 5.92 Å². The van der Waals surface area contributed by atoms with Crippen LogP contribution in [-0.2, 0) is 4.79 Å². The highest BCUT2D eigenvalue weighted by atomic mass is 32.1. The Hall–Kier alpha value is -2.35. The summed E-state index contributed by atoms with van der Waals surface area (Å²) in [6.45, 7) is 0.120. The molecule has 0 atom stereocenters.